The summed E-state index contributed by atoms with van der Waals surface area (Å²) in [5.74, 6) is -0.286. The van der Waals surface area contributed by atoms with Crippen molar-refractivity contribution in [3.05, 3.63) is 23.2 Å². The van der Waals surface area contributed by atoms with E-state index in [2.05, 4.69) is 19.2 Å². The van der Waals surface area contributed by atoms with E-state index in [1.54, 1.807) is 18.7 Å². The number of rotatable bonds is 5. The van der Waals surface area contributed by atoms with Gasteiger partial charge >= 0.3 is 0 Å². The van der Waals surface area contributed by atoms with Crippen LogP contribution in [0.5, 0.6) is 0 Å². The van der Waals surface area contributed by atoms with Crippen LogP contribution in [-0.4, -0.2) is 17.7 Å². The van der Waals surface area contributed by atoms with Crippen molar-refractivity contribution in [1.29, 1.82) is 0 Å². The Bertz CT molecular complexity index is 423. The largest absolute Gasteiger partial charge is 0.330 e. The molecule has 1 unspecified atom stereocenters. The third kappa shape index (κ3) is 4.19. The van der Waals surface area contributed by atoms with Gasteiger partial charge in [-0.05, 0) is 12.1 Å². The molecule has 0 saturated carbocycles. The molecule has 100 valence electrons. The Kier molecular flexibility index (Phi) is 5.99. The van der Waals surface area contributed by atoms with Gasteiger partial charge in [0.25, 0.3) is 0 Å². The first kappa shape index (κ1) is 15.3. The average Bonchev–Trinajstić information content (AvgIpc) is 2.32. The molecule has 0 saturated heterocycles. The van der Waals surface area contributed by atoms with Crippen molar-refractivity contribution in [2.45, 2.75) is 30.9 Å². The minimum absolute atomic E-state index is 0.0784. The highest BCUT2D eigenvalue weighted by atomic mass is 35.5. The van der Waals surface area contributed by atoms with E-state index in [4.69, 9.17) is 17.3 Å². The standard InChI is InChI=1S/C13H19ClN2OS/c1-8(2)18-12-10(14)5-4-6-11(12)16-13(17)9(3)7-15/h4-6,8-9H,7,15H2,1-3H3,(H,16,17). The van der Waals surface area contributed by atoms with Gasteiger partial charge in [-0.3, -0.25) is 4.79 Å². The number of benzene rings is 1. The van der Waals surface area contributed by atoms with Gasteiger partial charge in [-0.2, -0.15) is 0 Å². The van der Waals surface area contributed by atoms with Gasteiger partial charge in [0.05, 0.1) is 10.7 Å². The normalized spacial score (nSPS) is 12.6. The van der Waals surface area contributed by atoms with Crippen LogP contribution < -0.4 is 11.1 Å². The Hall–Kier alpha value is -0.710. The van der Waals surface area contributed by atoms with Crippen LogP contribution in [0.3, 0.4) is 0 Å². The number of thioether (sulfide) groups is 1. The summed E-state index contributed by atoms with van der Waals surface area (Å²) in [6.07, 6.45) is 0. The van der Waals surface area contributed by atoms with Gasteiger partial charge < -0.3 is 11.1 Å². The van der Waals surface area contributed by atoms with Gasteiger partial charge in [-0.1, -0.05) is 38.4 Å². The number of amides is 1. The SMILES string of the molecule is CC(C)Sc1c(Cl)cccc1NC(=O)C(C)CN. The number of carbonyl (C=O) groups excluding carboxylic acids is 1. The molecule has 18 heavy (non-hydrogen) atoms. The molecule has 3 N–H and O–H groups in total. The summed E-state index contributed by atoms with van der Waals surface area (Å²) in [7, 11) is 0. The van der Waals surface area contributed by atoms with Crippen molar-refractivity contribution < 1.29 is 4.79 Å². The Morgan fingerprint density at radius 1 is 1.44 bits per heavy atom. The maximum Gasteiger partial charge on any atom is 0.228 e. The molecule has 1 atom stereocenters. The second-order valence-corrected chi connectivity index (χ2v) is 6.40. The van der Waals surface area contributed by atoms with Crippen molar-refractivity contribution in [2.75, 3.05) is 11.9 Å². The van der Waals surface area contributed by atoms with E-state index >= 15 is 0 Å². The molecule has 1 aromatic carbocycles. The molecule has 1 amide bonds. The Morgan fingerprint density at radius 3 is 2.67 bits per heavy atom. The molecular formula is C13H19ClN2OS. The molecule has 1 rings (SSSR count). The maximum atomic E-state index is 11.8. The lowest BCUT2D eigenvalue weighted by Crippen LogP contribution is -2.26. The number of nitrogens with one attached hydrogen (secondary N) is 1. The van der Waals surface area contributed by atoms with E-state index in [1.807, 2.05) is 18.2 Å². The maximum absolute atomic E-state index is 11.8. The van der Waals surface area contributed by atoms with Crippen LogP contribution >= 0.6 is 23.4 Å². The Labute approximate surface area is 117 Å². The second-order valence-electron chi connectivity index (χ2n) is 4.41. The predicted molar refractivity (Wildman–Crippen MR) is 79.3 cm³/mol. The highest BCUT2D eigenvalue weighted by molar-refractivity contribution is 8.00. The highest BCUT2D eigenvalue weighted by Gasteiger charge is 2.15. The summed E-state index contributed by atoms with van der Waals surface area (Å²) < 4.78 is 0. The lowest BCUT2D eigenvalue weighted by atomic mass is 10.1. The van der Waals surface area contributed by atoms with Crippen molar-refractivity contribution in [3.63, 3.8) is 0 Å². The molecule has 0 aliphatic heterocycles. The summed E-state index contributed by atoms with van der Waals surface area (Å²) in [5, 5.41) is 3.94. The Morgan fingerprint density at radius 2 is 2.11 bits per heavy atom. The van der Waals surface area contributed by atoms with Crippen molar-refractivity contribution >= 4 is 35.0 Å². The van der Waals surface area contributed by atoms with Crippen LogP contribution in [0.4, 0.5) is 5.69 Å². The number of carbonyl (C=O) groups is 1. The monoisotopic (exact) mass is 286 g/mol. The van der Waals surface area contributed by atoms with Gasteiger partial charge in [0.1, 0.15) is 0 Å². The minimum atomic E-state index is -0.208. The summed E-state index contributed by atoms with van der Waals surface area (Å²) in [5.41, 5.74) is 6.24. The number of hydrogen-bond donors (Lipinski definition) is 2. The molecule has 1 aromatic rings. The van der Waals surface area contributed by atoms with Crippen molar-refractivity contribution in [3.8, 4) is 0 Å². The molecule has 0 fully saturated rings. The zero-order valence-corrected chi connectivity index (χ0v) is 12.4. The highest BCUT2D eigenvalue weighted by Crippen LogP contribution is 2.36. The van der Waals surface area contributed by atoms with Crippen LogP contribution in [0.15, 0.2) is 23.1 Å². The summed E-state index contributed by atoms with van der Waals surface area (Å²) in [6, 6.07) is 5.52. The molecule has 0 bridgehead atoms. The van der Waals surface area contributed by atoms with Gasteiger partial charge in [-0.25, -0.2) is 0 Å². The van der Waals surface area contributed by atoms with Crippen molar-refractivity contribution in [1.82, 2.24) is 0 Å². The van der Waals surface area contributed by atoms with Crippen molar-refractivity contribution in [2.24, 2.45) is 11.7 Å². The molecule has 0 aromatic heterocycles. The third-order valence-electron chi connectivity index (χ3n) is 2.38. The fourth-order valence-electron chi connectivity index (χ4n) is 1.33. The van der Waals surface area contributed by atoms with E-state index in [-0.39, 0.29) is 11.8 Å². The quantitative estimate of drug-likeness (QED) is 0.816. The van der Waals surface area contributed by atoms with E-state index in [1.165, 1.54) is 0 Å². The third-order valence-corrected chi connectivity index (χ3v) is 3.95. The fourth-order valence-corrected chi connectivity index (χ4v) is 2.53. The molecular weight excluding hydrogens is 268 g/mol. The molecule has 3 nitrogen and oxygen atoms in total. The summed E-state index contributed by atoms with van der Waals surface area (Å²) in [6.45, 7) is 6.30. The first-order valence-electron chi connectivity index (χ1n) is 5.91. The number of halogens is 1. The number of anilines is 1. The second kappa shape index (κ2) is 7.02. The smallest absolute Gasteiger partial charge is 0.228 e. The van der Waals surface area contributed by atoms with Gasteiger partial charge in [0.2, 0.25) is 5.91 Å². The van der Waals surface area contributed by atoms with E-state index in [0.717, 1.165) is 10.6 Å². The molecule has 0 radical (unpaired) electrons. The minimum Gasteiger partial charge on any atom is -0.330 e. The molecule has 0 spiro atoms. The van der Waals surface area contributed by atoms with E-state index in [9.17, 15) is 4.79 Å². The van der Waals surface area contributed by atoms with E-state index in [0.29, 0.717) is 16.8 Å². The molecule has 5 heteroatoms. The number of hydrogen-bond acceptors (Lipinski definition) is 3. The molecule has 0 heterocycles. The summed E-state index contributed by atoms with van der Waals surface area (Å²) >= 11 is 7.81. The zero-order chi connectivity index (χ0) is 13.7. The van der Waals surface area contributed by atoms with Crippen LogP contribution in [-0.2, 0) is 4.79 Å². The van der Waals surface area contributed by atoms with Crippen LogP contribution in [0.1, 0.15) is 20.8 Å². The Balaban J connectivity index is 2.94. The van der Waals surface area contributed by atoms with Gasteiger partial charge in [0.15, 0.2) is 0 Å². The average molecular weight is 287 g/mol. The van der Waals surface area contributed by atoms with Crippen LogP contribution in [0.25, 0.3) is 0 Å². The topological polar surface area (TPSA) is 55.1 Å². The molecule has 0 aliphatic rings. The summed E-state index contributed by atoms with van der Waals surface area (Å²) in [4.78, 5) is 12.8. The van der Waals surface area contributed by atoms with Gasteiger partial charge in [0, 0.05) is 22.6 Å². The first-order chi connectivity index (χ1) is 8.45. The number of nitrogens with two attached hydrogens (primary N) is 1. The first-order valence-corrected chi connectivity index (χ1v) is 7.17. The lowest BCUT2D eigenvalue weighted by Gasteiger charge is -2.15. The van der Waals surface area contributed by atoms with E-state index < -0.39 is 0 Å². The van der Waals surface area contributed by atoms with Gasteiger partial charge in [-0.15, -0.1) is 11.8 Å². The molecule has 0 aliphatic carbocycles. The van der Waals surface area contributed by atoms with Crippen LogP contribution in [0, 0.1) is 5.92 Å². The zero-order valence-electron chi connectivity index (χ0n) is 10.9. The fraction of sp³-hybridized carbons (Fsp3) is 0.462. The predicted octanol–water partition coefficient (Wildman–Crippen LogP) is 3.37. The lowest BCUT2D eigenvalue weighted by molar-refractivity contribution is -0.119. The van der Waals surface area contributed by atoms with Crippen LogP contribution in [0.2, 0.25) is 5.02 Å².